The topological polar surface area (TPSA) is 74.8 Å². The lowest BCUT2D eigenvalue weighted by atomic mass is 10.00. The third-order valence-electron chi connectivity index (χ3n) is 4.87. The van der Waals surface area contributed by atoms with Gasteiger partial charge in [0.05, 0.1) is 11.6 Å². The van der Waals surface area contributed by atoms with E-state index in [1.165, 1.54) is 29.1 Å². The highest BCUT2D eigenvalue weighted by atomic mass is 16.2. The zero-order valence-corrected chi connectivity index (χ0v) is 14.4. The molecule has 4 amide bonds. The Labute approximate surface area is 143 Å². The standard InChI is InChI=1S/C12H13N2O4.C6H13/c1-2-3-12(14-10(17)5-11(14)18)6-7(12)13-8(15)4-9(13)16;1-3-5-6-4-2/h7H,1-6H2;1,3-6H2,2H3. The van der Waals surface area contributed by atoms with Crippen LogP contribution >= 0.6 is 0 Å². The second-order valence-electron chi connectivity index (χ2n) is 6.62. The van der Waals surface area contributed by atoms with Crippen LogP contribution < -0.4 is 0 Å². The first kappa shape index (κ1) is 18.6. The number of β-lactam (4-membered cyclic amide) rings is 4. The Balaban J connectivity index is 0.000000301. The zero-order valence-electron chi connectivity index (χ0n) is 14.4. The maximum Gasteiger partial charge on any atom is 0.239 e. The van der Waals surface area contributed by atoms with E-state index in [1.807, 2.05) is 0 Å². The summed E-state index contributed by atoms with van der Waals surface area (Å²) in [5.74, 6) is -0.847. The van der Waals surface area contributed by atoms with Crippen LogP contribution in [-0.2, 0) is 19.2 Å². The second kappa shape index (κ2) is 7.45. The van der Waals surface area contributed by atoms with Crippen LogP contribution in [0.3, 0.4) is 0 Å². The molecule has 2 unspecified atom stereocenters. The van der Waals surface area contributed by atoms with E-state index < -0.39 is 5.54 Å². The fraction of sp³-hybridized carbons (Fsp3) is 0.667. The number of rotatable bonds is 7. The minimum absolute atomic E-state index is 0.0567. The molecule has 132 valence electrons. The van der Waals surface area contributed by atoms with Crippen LogP contribution in [0.5, 0.6) is 0 Å². The number of hydrogen-bond acceptors (Lipinski definition) is 4. The first-order chi connectivity index (χ1) is 11.4. The number of nitrogens with zero attached hydrogens (tertiary/aromatic N) is 2. The molecule has 2 aliphatic heterocycles. The van der Waals surface area contributed by atoms with E-state index in [0.29, 0.717) is 19.3 Å². The number of imide groups is 2. The number of amides is 4. The fourth-order valence-electron chi connectivity index (χ4n) is 3.49. The SMILES string of the molecule is [CH2]CCC1(N2C(=O)CC2=O)CC1N1C(=O)CC1=O.[CH2]CCCCC. The molecule has 2 saturated heterocycles. The summed E-state index contributed by atoms with van der Waals surface area (Å²) in [6.07, 6.45) is 6.57. The molecule has 0 aromatic heterocycles. The molecule has 2 radical (unpaired) electrons. The van der Waals surface area contributed by atoms with Crippen molar-refractivity contribution in [3.8, 4) is 0 Å². The first-order valence-corrected chi connectivity index (χ1v) is 8.72. The minimum Gasteiger partial charge on any atom is -0.276 e. The first-order valence-electron chi connectivity index (χ1n) is 8.72. The lowest BCUT2D eigenvalue weighted by molar-refractivity contribution is -0.167. The Morgan fingerprint density at radius 3 is 1.92 bits per heavy atom. The molecular formula is C18H26N2O4. The summed E-state index contributed by atoms with van der Waals surface area (Å²) < 4.78 is 0. The number of unbranched alkanes of at least 4 members (excludes halogenated alkanes) is 3. The molecule has 0 aromatic rings. The van der Waals surface area contributed by atoms with Crippen LogP contribution in [0.1, 0.15) is 64.7 Å². The number of carbonyl (C=O) groups excluding carboxylic acids is 4. The molecule has 6 heteroatoms. The van der Waals surface area contributed by atoms with Crippen molar-refractivity contribution >= 4 is 23.6 Å². The van der Waals surface area contributed by atoms with Crippen molar-refractivity contribution < 1.29 is 19.2 Å². The quantitative estimate of drug-likeness (QED) is 0.406. The molecule has 2 heterocycles. The number of likely N-dealkylation sites (tertiary alicyclic amines) is 2. The van der Waals surface area contributed by atoms with Gasteiger partial charge in [-0.05, 0) is 12.8 Å². The highest BCUT2D eigenvalue weighted by molar-refractivity contribution is 6.17. The largest absolute Gasteiger partial charge is 0.276 e. The average Bonchev–Trinajstić information content (AvgIpc) is 3.17. The van der Waals surface area contributed by atoms with Crippen LogP contribution in [0.25, 0.3) is 0 Å². The maximum atomic E-state index is 11.5. The van der Waals surface area contributed by atoms with Gasteiger partial charge in [-0.15, -0.1) is 0 Å². The molecule has 3 aliphatic rings. The predicted molar refractivity (Wildman–Crippen MR) is 88.2 cm³/mol. The Kier molecular flexibility index (Phi) is 5.78. The highest BCUT2D eigenvalue weighted by Crippen LogP contribution is 2.53. The normalized spacial score (nSPS) is 28.2. The van der Waals surface area contributed by atoms with Gasteiger partial charge >= 0.3 is 0 Å². The Bertz CT molecular complexity index is 513. The van der Waals surface area contributed by atoms with E-state index in [1.54, 1.807) is 0 Å². The molecule has 0 spiro atoms. The molecule has 6 nitrogen and oxygen atoms in total. The summed E-state index contributed by atoms with van der Waals surface area (Å²) in [7, 11) is 0. The molecule has 1 saturated carbocycles. The summed E-state index contributed by atoms with van der Waals surface area (Å²) in [5.41, 5.74) is -0.653. The summed E-state index contributed by atoms with van der Waals surface area (Å²) in [6.45, 7) is 9.67. The van der Waals surface area contributed by atoms with Gasteiger partial charge in [-0.2, -0.15) is 0 Å². The Hall–Kier alpha value is -1.72. The van der Waals surface area contributed by atoms with Crippen molar-refractivity contribution in [1.29, 1.82) is 0 Å². The van der Waals surface area contributed by atoms with Crippen LogP contribution in [0.2, 0.25) is 0 Å². The van der Waals surface area contributed by atoms with Crippen LogP contribution in [0, 0.1) is 13.8 Å². The Morgan fingerprint density at radius 2 is 1.54 bits per heavy atom. The second-order valence-corrected chi connectivity index (χ2v) is 6.62. The minimum atomic E-state index is -0.653. The lowest BCUT2D eigenvalue weighted by Crippen LogP contribution is -2.61. The van der Waals surface area contributed by atoms with Gasteiger partial charge < -0.3 is 0 Å². The summed E-state index contributed by atoms with van der Waals surface area (Å²) in [5, 5.41) is 0. The summed E-state index contributed by atoms with van der Waals surface area (Å²) in [6, 6.07) is -0.318. The smallest absolute Gasteiger partial charge is 0.239 e. The predicted octanol–water partition coefficient (Wildman–Crippen LogP) is 2.03. The highest BCUT2D eigenvalue weighted by Gasteiger charge is 2.68. The van der Waals surface area contributed by atoms with E-state index in [-0.39, 0.29) is 42.5 Å². The average molecular weight is 334 g/mol. The Morgan fingerprint density at radius 1 is 0.958 bits per heavy atom. The van der Waals surface area contributed by atoms with E-state index in [4.69, 9.17) is 0 Å². The van der Waals surface area contributed by atoms with Gasteiger partial charge in [-0.25, -0.2) is 0 Å². The molecule has 0 N–H and O–H groups in total. The third-order valence-corrected chi connectivity index (χ3v) is 4.87. The van der Waals surface area contributed by atoms with Crippen molar-refractivity contribution in [1.82, 2.24) is 9.80 Å². The number of hydrogen-bond donors (Lipinski definition) is 0. The van der Waals surface area contributed by atoms with Crippen molar-refractivity contribution in [2.75, 3.05) is 0 Å². The van der Waals surface area contributed by atoms with Gasteiger partial charge in [0.15, 0.2) is 0 Å². The van der Waals surface area contributed by atoms with E-state index in [9.17, 15) is 19.2 Å². The van der Waals surface area contributed by atoms with Crippen molar-refractivity contribution in [2.45, 2.75) is 76.3 Å². The van der Waals surface area contributed by atoms with Crippen molar-refractivity contribution in [2.24, 2.45) is 0 Å². The van der Waals surface area contributed by atoms with Crippen molar-refractivity contribution in [3.63, 3.8) is 0 Å². The molecular weight excluding hydrogens is 308 g/mol. The van der Waals surface area contributed by atoms with Gasteiger partial charge in [-0.3, -0.25) is 29.0 Å². The molecule has 3 rings (SSSR count). The van der Waals surface area contributed by atoms with Gasteiger partial charge in [0.25, 0.3) is 0 Å². The van der Waals surface area contributed by atoms with Gasteiger partial charge in [0, 0.05) is 0 Å². The van der Waals surface area contributed by atoms with Gasteiger partial charge in [-0.1, -0.05) is 52.9 Å². The molecule has 0 bridgehead atoms. The van der Waals surface area contributed by atoms with Crippen LogP contribution in [0.15, 0.2) is 0 Å². The van der Waals surface area contributed by atoms with E-state index in [0.717, 1.165) is 6.42 Å². The fourth-order valence-corrected chi connectivity index (χ4v) is 3.49. The van der Waals surface area contributed by atoms with Crippen molar-refractivity contribution in [3.05, 3.63) is 13.8 Å². The molecule has 1 aliphatic carbocycles. The molecule has 24 heavy (non-hydrogen) atoms. The lowest BCUT2D eigenvalue weighted by Gasteiger charge is -2.40. The number of carbonyl (C=O) groups is 4. The summed E-state index contributed by atoms with van der Waals surface area (Å²) >= 11 is 0. The monoisotopic (exact) mass is 334 g/mol. The molecule has 0 aromatic carbocycles. The van der Waals surface area contributed by atoms with Gasteiger partial charge in [0.2, 0.25) is 23.6 Å². The molecule has 3 fully saturated rings. The summed E-state index contributed by atoms with van der Waals surface area (Å²) in [4.78, 5) is 48.3. The molecule has 2 atom stereocenters. The van der Waals surface area contributed by atoms with E-state index in [2.05, 4.69) is 20.8 Å². The third kappa shape index (κ3) is 3.23. The van der Waals surface area contributed by atoms with Crippen LogP contribution in [0.4, 0.5) is 0 Å². The van der Waals surface area contributed by atoms with Crippen LogP contribution in [-0.4, -0.2) is 45.0 Å². The zero-order chi connectivity index (χ0) is 17.9. The van der Waals surface area contributed by atoms with E-state index >= 15 is 0 Å². The van der Waals surface area contributed by atoms with Gasteiger partial charge in [0.1, 0.15) is 12.8 Å². The maximum absolute atomic E-state index is 11.5.